The maximum atomic E-state index is 12.6. The van der Waals surface area contributed by atoms with Crippen LogP contribution in [0.2, 0.25) is 10.0 Å². The monoisotopic (exact) mass is 396 g/mol. The second kappa shape index (κ2) is 9.61. The van der Waals surface area contributed by atoms with Gasteiger partial charge in [0.2, 0.25) is 0 Å². The molecule has 128 valence electrons. The van der Waals surface area contributed by atoms with Crippen LogP contribution < -0.4 is 28.9 Å². The maximum absolute atomic E-state index is 12.6. The second-order valence-corrected chi connectivity index (χ2v) is 7.50. The first-order chi connectivity index (χ1) is 12.0. The van der Waals surface area contributed by atoms with Crippen molar-refractivity contribution in [2.45, 2.75) is 6.92 Å². The molecule has 0 amide bonds. The molecule has 1 unspecified atom stereocenters. The fraction of sp³-hybridized carbons (Fsp3) is 0.0500. The molecular weight excluding hydrogens is 381 g/mol. The molecule has 26 heavy (non-hydrogen) atoms. The van der Waals surface area contributed by atoms with Crippen molar-refractivity contribution < 1.29 is 29.8 Å². The van der Waals surface area contributed by atoms with E-state index >= 15 is 0 Å². The van der Waals surface area contributed by atoms with E-state index in [0.29, 0.717) is 15.6 Å². The predicted molar refractivity (Wildman–Crippen MR) is 108 cm³/mol. The van der Waals surface area contributed by atoms with Crippen LogP contribution in [0.15, 0.2) is 66.7 Å². The number of para-hydroxylation sites is 1. The summed E-state index contributed by atoms with van der Waals surface area (Å²) < 4.78 is 5.82. The van der Waals surface area contributed by atoms with Crippen molar-refractivity contribution in [3.8, 4) is 11.5 Å². The number of aryl methyl sites for hydroxylation is 1. The topological polar surface area (TPSA) is 26.3 Å². The minimum absolute atomic E-state index is 0. The van der Waals surface area contributed by atoms with Gasteiger partial charge in [-0.05, 0) is 62.8 Å². The number of halogens is 2. The molecule has 6 heteroatoms. The Kier molecular flexibility index (Phi) is 7.78. The zero-order valence-electron chi connectivity index (χ0n) is 15.4. The van der Waals surface area contributed by atoms with Crippen LogP contribution in [0.5, 0.6) is 11.5 Å². The minimum Gasteiger partial charge on any atom is -1.00 e. The molecule has 0 heterocycles. The fourth-order valence-electron chi connectivity index (χ4n) is 2.36. The van der Waals surface area contributed by atoms with Gasteiger partial charge in [-0.2, -0.15) is 0 Å². The van der Waals surface area contributed by atoms with E-state index in [1.54, 1.807) is 18.2 Å². The quantitative estimate of drug-likeness (QED) is 0.488. The van der Waals surface area contributed by atoms with Crippen molar-refractivity contribution in [3.05, 3.63) is 87.9 Å². The van der Waals surface area contributed by atoms with Crippen LogP contribution in [0.4, 0.5) is 0 Å². The zero-order valence-corrected chi connectivity index (χ0v) is 16.9. The van der Waals surface area contributed by atoms with Crippen LogP contribution in [0.25, 0.3) is 0 Å². The molecule has 0 fully saturated rings. The Morgan fingerprint density at radius 2 is 1.58 bits per heavy atom. The SMILES string of the molecule is Cc1cc(Oc2ccccc2)ccc1PC(=O)c1c(Cl)cccc1Cl.[H-].[Li+]. The number of ether oxygens (including phenoxy) is 1. The van der Waals surface area contributed by atoms with Crippen LogP contribution in [-0.2, 0) is 0 Å². The van der Waals surface area contributed by atoms with Crippen molar-refractivity contribution in [3.63, 3.8) is 0 Å². The first kappa shape index (κ1) is 21.0. The van der Waals surface area contributed by atoms with Crippen LogP contribution >= 0.6 is 31.8 Å². The molecule has 0 saturated carbocycles. The molecule has 0 bridgehead atoms. The number of carbonyl (C=O) groups is 1. The molecule has 0 radical (unpaired) electrons. The molecule has 0 aliphatic rings. The predicted octanol–water partition coefficient (Wildman–Crippen LogP) is 3.35. The summed E-state index contributed by atoms with van der Waals surface area (Å²) in [6.45, 7) is 1.96. The molecule has 0 spiro atoms. The Balaban J connectivity index is 0.00000182. The standard InChI is InChI=1S/C20H15Cl2O2P.Li.H/c1-13-12-15(24-14-6-3-2-4-7-14)10-11-18(13)25-20(23)19-16(21)8-5-9-17(19)22;;/h2-12,25H,1H3;;/q;+1;-1. The van der Waals surface area contributed by atoms with E-state index in [-0.39, 0.29) is 34.4 Å². The summed E-state index contributed by atoms with van der Waals surface area (Å²) in [6.07, 6.45) is 0. The van der Waals surface area contributed by atoms with Gasteiger partial charge in [0.25, 0.3) is 0 Å². The number of rotatable bonds is 5. The van der Waals surface area contributed by atoms with Gasteiger partial charge < -0.3 is 6.16 Å². The Labute approximate surface area is 178 Å². The Morgan fingerprint density at radius 3 is 2.19 bits per heavy atom. The number of benzene rings is 3. The van der Waals surface area contributed by atoms with Crippen molar-refractivity contribution in [2.75, 3.05) is 0 Å². The Hall–Kier alpha value is -1.26. The Bertz CT molecular complexity index is 903. The largest absolute Gasteiger partial charge is 1.00 e. The third-order valence-corrected chi connectivity index (χ3v) is 5.55. The summed E-state index contributed by atoms with van der Waals surface area (Å²) >= 11 is 12.3. The molecular formula is C20H16Cl2LiO2P. The van der Waals surface area contributed by atoms with E-state index < -0.39 is 0 Å². The van der Waals surface area contributed by atoms with Crippen LogP contribution in [-0.4, -0.2) is 5.52 Å². The van der Waals surface area contributed by atoms with Gasteiger partial charge >= 0.3 is 18.9 Å². The van der Waals surface area contributed by atoms with Crippen LogP contribution in [0.1, 0.15) is 17.3 Å². The molecule has 1 atom stereocenters. The molecule has 3 aromatic carbocycles. The average Bonchev–Trinajstić information content (AvgIpc) is 2.58. The number of carbonyl (C=O) groups excluding carboxylic acids is 1. The normalized spacial score (nSPS) is 10.6. The zero-order chi connectivity index (χ0) is 17.8. The summed E-state index contributed by atoms with van der Waals surface area (Å²) in [5.41, 5.74) is 1.30. The molecule has 0 aliphatic carbocycles. The molecule has 0 saturated heterocycles. The van der Waals surface area contributed by atoms with Gasteiger partial charge in [-0.1, -0.05) is 53.5 Å². The van der Waals surface area contributed by atoms with Gasteiger partial charge in [-0.3, -0.25) is 4.79 Å². The summed E-state index contributed by atoms with van der Waals surface area (Å²) in [5, 5.41) is 1.71. The van der Waals surface area contributed by atoms with E-state index in [0.717, 1.165) is 22.4 Å². The van der Waals surface area contributed by atoms with Gasteiger partial charge in [0.05, 0.1) is 15.6 Å². The molecule has 2 nitrogen and oxygen atoms in total. The summed E-state index contributed by atoms with van der Waals surface area (Å²) in [4.78, 5) is 12.6. The molecule has 3 aromatic rings. The summed E-state index contributed by atoms with van der Waals surface area (Å²) in [5.74, 6) is 1.51. The summed E-state index contributed by atoms with van der Waals surface area (Å²) in [7, 11) is -0.0518. The van der Waals surface area contributed by atoms with Gasteiger partial charge in [-0.15, -0.1) is 0 Å². The van der Waals surface area contributed by atoms with E-state index in [9.17, 15) is 4.79 Å². The smallest absolute Gasteiger partial charge is 1.00 e. The fourth-order valence-corrected chi connectivity index (χ4v) is 4.17. The third-order valence-electron chi connectivity index (χ3n) is 3.61. The molecule has 0 N–H and O–H groups in total. The average molecular weight is 397 g/mol. The molecule has 3 rings (SSSR count). The number of hydrogen-bond acceptors (Lipinski definition) is 2. The van der Waals surface area contributed by atoms with E-state index in [4.69, 9.17) is 27.9 Å². The first-order valence-electron chi connectivity index (χ1n) is 7.63. The minimum atomic E-state index is -0.0737. The third kappa shape index (κ3) is 5.14. The van der Waals surface area contributed by atoms with E-state index in [2.05, 4.69) is 0 Å². The van der Waals surface area contributed by atoms with Crippen LogP contribution in [0, 0.1) is 6.92 Å². The van der Waals surface area contributed by atoms with Gasteiger partial charge in [0.1, 0.15) is 11.5 Å². The summed E-state index contributed by atoms with van der Waals surface area (Å²) in [6, 6.07) is 20.4. The van der Waals surface area contributed by atoms with Gasteiger partial charge in [0.15, 0.2) is 5.52 Å². The maximum Gasteiger partial charge on any atom is 1.00 e. The van der Waals surface area contributed by atoms with Crippen molar-refractivity contribution in [2.24, 2.45) is 0 Å². The van der Waals surface area contributed by atoms with Crippen molar-refractivity contribution in [1.29, 1.82) is 0 Å². The van der Waals surface area contributed by atoms with E-state index in [1.807, 2.05) is 55.5 Å². The van der Waals surface area contributed by atoms with Gasteiger partial charge in [-0.25, -0.2) is 0 Å². The van der Waals surface area contributed by atoms with Crippen molar-refractivity contribution >= 4 is 42.6 Å². The second-order valence-electron chi connectivity index (χ2n) is 5.44. The first-order valence-corrected chi connectivity index (χ1v) is 9.39. The Morgan fingerprint density at radius 1 is 0.923 bits per heavy atom. The molecule has 0 aliphatic heterocycles. The van der Waals surface area contributed by atoms with Crippen molar-refractivity contribution in [1.82, 2.24) is 0 Å². The number of hydrogen-bond donors (Lipinski definition) is 0. The molecule has 0 aromatic heterocycles. The van der Waals surface area contributed by atoms with E-state index in [1.165, 1.54) is 0 Å². The van der Waals surface area contributed by atoms with Gasteiger partial charge in [0, 0.05) is 0 Å². The van der Waals surface area contributed by atoms with Crippen LogP contribution in [0.3, 0.4) is 0 Å².